The van der Waals surface area contributed by atoms with Crippen LogP contribution in [0, 0.1) is 0 Å². The summed E-state index contributed by atoms with van der Waals surface area (Å²) in [5.41, 5.74) is 0. The van der Waals surface area contributed by atoms with Gasteiger partial charge in [0.15, 0.2) is 5.90 Å². The zero-order valence-corrected chi connectivity index (χ0v) is 9.71. The summed E-state index contributed by atoms with van der Waals surface area (Å²) in [5, 5.41) is 5.97. The van der Waals surface area contributed by atoms with Crippen LogP contribution in [-0.2, 0) is 13.9 Å². The summed E-state index contributed by atoms with van der Waals surface area (Å²) in [6.45, 7) is 0.363. The number of aliphatic imine (C=N–C) groups is 1. The summed E-state index contributed by atoms with van der Waals surface area (Å²) in [6, 6.07) is 0. The highest BCUT2D eigenvalue weighted by Crippen LogP contribution is 2.69. The Hall–Kier alpha value is -0.270. The number of nitrogens with zero attached hydrogens (tertiary/aromatic N) is 1. The summed E-state index contributed by atoms with van der Waals surface area (Å²) in [4.78, 5) is 38.8. The molecular formula is C5H11NO8P2. The summed E-state index contributed by atoms with van der Waals surface area (Å²) in [5.74, 6) is -0.283. The fourth-order valence-electron chi connectivity index (χ4n) is 1.06. The SMILES string of the molecule is O=P(O)(O)C(O)(CC1=NCCO1)P(=O)(O)O. The standard InChI is InChI=1S/C5H11NO8P2/c7-5(15(8,9)10,16(11,12)13)3-4-6-1-2-14-4/h7H,1-3H2,(H2,8,9,10)(H2,11,12,13). The Morgan fingerprint density at radius 1 is 1.25 bits per heavy atom. The van der Waals surface area contributed by atoms with Gasteiger partial charge in [0.05, 0.1) is 13.0 Å². The van der Waals surface area contributed by atoms with Gasteiger partial charge in [0, 0.05) is 0 Å². The highest BCUT2D eigenvalue weighted by atomic mass is 31.2. The van der Waals surface area contributed by atoms with E-state index in [1.54, 1.807) is 0 Å². The second-order valence-corrected chi connectivity index (χ2v) is 7.17. The molecule has 94 valence electrons. The van der Waals surface area contributed by atoms with Crippen LogP contribution < -0.4 is 0 Å². The smallest absolute Gasteiger partial charge is 0.369 e. The van der Waals surface area contributed by atoms with Gasteiger partial charge in [-0.2, -0.15) is 0 Å². The van der Waals surface area contributed by atoms with Gasteiger partial charge in [-0.05, 0) is 0 Å². The molecule has 0 aromatic heterocycles. The fraction of sp³-hybridized carbons (Fsp3) is 0.800. The number of rotatable bonds is 4. The zero-order chi connectivity index (χ0) is 12.6. The second kappa shape index (κ2) is 4.19. The third kappa shape index (κ3) is 2.52. The van der Waals surface area contributed by atoms with E-state index in [1.165, 1.54) is 0 Å². The van der Waals surface area contributed by atoms with Crippen LogP contribution >= 0.6 is 15.2 Å². The Balaban J connectivity index is 3.06. The molecule has 0 spiro atoms. The lowest BCUT2D eigenvalue weighted by molar-refractivity contribution is 0.131. The molecule has 0 saturated carbocycles. The third-order valence-corrected chi connectivity index (χ3v) is 5.71. The van der Waals surface area contributed by atoms with E-state index in [4.69, 9.17) is 24.3 Å². The van der Waals surface area contributed by atoms with Crippen LogP contribution in [0.15, 0.2) is 4.99 Å². The highest BCUT2D eigenvalue weighted by molar-refractivity contribution is 7.72. The van der Waals surface area contributed by atoms with Gasteiger partial charge in [-0.3, -0.25) is 14.1 Å². The van der Waals surface area contributed by atoms with E-state index in [0.717, 1.165) is 0 Å². The van der Waals surface area contributed by atoms with Crippen molar-refractivity contribution in [3.8, 4) is 0 Å². The molecule has 5 N–H and O–H groups in total. The Morgan fingerprint density at radius 2 is 1.75 bits per heavy atom. The molecule has 9 nitrogen and oxygen atoms in total. The third-order valence-electron chi connectivity index (χ3n) is 1.97. The molecule has 1 heterocycles. The molecule has 0 radical (unpaired) electrons. The number of aliphatic hydroxyl groups is 1. The molecule has 0 amide bonds. The van der Waals surface area contributed by atoms with Crippen LogP contribution in [0.5, 0.6) is 0 Å². The maximum atomic E-state index is 10.9. The molecule has 1 rings (SSSR count). The van der Waals surface area contributed by atoms with Crippen molar-refractivity contribution in [2.45, 2.75) is 11.5 Å². The van der Waals surface area contributed by atoms with Gasteiger partial charge in [0.25, 0.3) is 5.08 Å². The van der Waals surface area contributed by atoms with E-state index in [2.05, 4.69) is 4.99 Å². The van der Waals surface area contributed by atoms with E-state index in [0.29, 0.717) is 0 Å². The molecule has 0 aromatic rings. The van der Waals surface area contributed by atoms with E-state index in [1.807, 2.05) is 0 Å². The Morgan fingerprint density at radius 3 is 2.06 bits per heavy atom. The predicted octanol–water partition coefficient (Wildman–Crippen LogP) is -1.19. The van der Waals surface area contributed by atoms with Crippen molar-refractivity contribution in [3.05, 3.63) is 0 Å². The summed E-state index contributed by atoms with van der Waals surface area (Å²) in [6.07, 6.45) is -1.03. The van der Waals surface area contributed by atoms with Crippen LogP contribution in [0.4, 0.5) is 0 Å². The largest absolute Gasteiger partial charge is 0.479 e. The second-order valence-electron chi connectivity index (χ2n) is 3.16. The lowest BCUT2D eigenvalue weighted by Crippen LogP contribution is -2.31. The molecule has 0 atom stereocenters. The monoisotopic (exact) mass is 275 g/mol. The fourth-order valence-corrected chi connectivity index (χ4v) is 3.10. The quantitative estimate of drug-likeness (QED) is 0.400. The van der Waals surface area contributed by atoms with Gasteiger partial charge in [-0.1, -0.05) is 0 Å². The molecule has 0 aromatic carbocycles. The molecular weight excluding hydrogens is 264 g/mol. The van der Waals surface area contributed by atoms with E-state index >= 15 is 0 Å². The van der Waals surface area contributed by atoms with Crippen molar-refractivity contribution in [2.75, 3.05) is 13.2 Å². The molecule has 0 fully saturated rings. The molecule has 11 heteroatoms. The molecule has 0 aliphatic carbocycles. The summed E-state index contributed by atoms with van der Waals surface area (Å²) in [7, 11) is -10.9. The van der Waals surface area contributed by atoms with Gasteiger partial charge in [-0.15, -0.1) is 0 Å². The Kier molecular flexibility index (Phi) is 3.62. The van der Waals surface area contributed by atoms with Crippen LogP contribution in [0.2, 0.25) is 0 Å². The predicted molar refractivity (Wildman–Crippen MR) is 51.9 cm³/mol. The van der Waals surface area contributed by atoms with Gasteiger partial charge >= 0.3 is 15.2 Å². The van der Waals surface area contributed by atoms with Crippen molar-refractivity contribution in [1.29, 1.82) is 0 Å². The Bertz CT molecular complexity index is 371. The number of ether oxygens (including phenoxy) is 1. The van der Waals surface area contributed by atoms with Gasteiger partial charge in [0.2, 0.25) is 0 Å². The topological polar surface area (TPSA) is 157 Å². The summed E-state index contributed by atoms with van der Waals surface area (Å²) >= 11 is 0. The normalized spacial score (nSPS) is 18.2. The first-order valence-corrected chi connectivity index (χ1v) is 7.30. The molecule has 1 aliphatic rings. The molecule has 0 bridgehead atoms. The van der Waals surface area contributed by atoms with Crippen LogP contribution in [0.25, 0.3) is 0 Å². The van der Waals surface area contributed by atoms with E-state index in [-0.39, 0.29) is 19.0 Å². The van der Waals surface area contributed by atoms with Crippen molar-refractivity contribution >= 4 is 21.1 Å². The number of hydrogen-bond acceptors (Lipinski definition) is 5. The van der Waals surface area contributed by atoms with Gasteiger partial charge in [-0.25, -0.2) is 0 Å². The minimum Gasteiger partial charge on any atom is -0.479 e. The lowest BCUT2D eigenvalue weighted by atomic mass is 10.4. The lowest BCUT2D eigenvalue weighted by Gasteiger charge is -2.28. The van der Waals surface area contributed by atoms with Gasteiger partial charge < -0.3 is 29.4 Å². The molecule has 1 aliphatic heterocycles. The van der Waals surface area contributed by atoms with Crippen molar-refractivity contribution in [1.82, 2.24) is 0 Å². The highest BCUT2D eigenvalue weighted by Gasteiger charge is 2.60. The van der Waals surface area contributed by atoms with Crippen molar-refractivity contribution in [2.24, 2.45) is 4.99 Å². The zero-order valence-electron chi connectivity index (χ0n) is 7.92. The maximum Gasteiger partial charge on any atom is 0.369 e. The molecule has 16 heavy (non-hydrogen) atoms. The summed E-state index contributed by atoms with van der Waals surface area (Å²) < 4.78 is 26.6. The average molecular weight is 275 g/mol. The van der Waals surface area contributed by atoms with Gasteiger partial charge in [0.1, 0.15) is 6.61 Å². The number of hydrogen-bond donors (Lipinski definition) is 5. The average Bonchev–Trinajstić information content (AvgIpc) is 2.52. The van der Waals surface area contributed by atoms with Crippen LogP contribution in [0.3, 0.4) is 0 Å². The van der Waals surface area contributed by atoms with Crippen LogP contribution in [-0.4, -0.2) is 48.8 Å². The maximum absolute atomic E-state index is 10.9. The van der Waals surface area contributed by atoms with Crippen molar-refractivity contribution < 1.29 is 38.5 Å². The first-order chi connectivity index (χ1) is 7.08. The van der Waals surface area contributed by atoms with E-state index in [9.17, 15) is 14.2 Å². The minimum atomic E-state index is -5.43. The molecule has 0 saturated heterocycles. The molecule has 0 unspecified atom stereocenters. The Labute approximate surface area is 90.1 Å². The van der Waals surface area contributed by atoms with E-state index < -0.39 is 26.7 Å². The first-order valence-electron chi connectivity index (χ1n) is 4.08. The van der Waals surface area contributed by atoms with Crippen LogP contribution in [0.1, 0.15) is 6.42 Å². The first kappa shape index (κ1) is 13.8. The van der Waals surface area contributed by atoms with Crippen molar-refractivity contribution in [3.63, 3.8) is 0 Å². The minimum absolute atomic E-state index is 0.147.